The Morgan fingerprint density at radius 3 is 2.12 bits per heavy atom. The van der Waals surface area contributed by atoms with Crippen LogP contribution in [0.4, 0.5) is 0 Å². The molecule has 1 aliphatic heterocycles. The Kier molecular flexibility index (Phi) is 9.61. The van der Waals surface area contributed by atoms with Crippen LogP contribution >= 0.6 is 0 Å². The van der Waals surface area contributed by atoms with Crippen LogP contribution in [0.2, 0.25) is 0 Å². The minimum Gasteiger partial charge on any atom is -0.390 e. The summed E-state index contributed by atoms with van der Waals surface area (Å²) < 4.78 is 5.72. The summed E-state index contributed by atoms with van der Waals surface area (Å²) in [6, 6.07) is 0. The highest BCUT2D eigenvalue weighted by molar-refractivity contribution is 5.05. The van der Waals surface area contributed by atoms with Crippen molar-refractivity contribution in [3.63, 3.8) is 0 Å². The average molecular weight is 335 g/mol. The Bertz CT molecular complexity index is 447. The maximum atomic E-state index is 10.3. The third-order valence-electron chi connectivity index (χ3n) is 5.01. The van der Waals surface area contributed by atoms with E-state index >= 15 is 0 Å². The number of allylic oxidation sites excluding steroid dienone is 6. The van der Waals surface area contributed by atoms with Crippen LogP contribution in [0.1, 0.15) is 86.0 Å². The number of hydrogen-bond acceptors (Lipinski definition) is 2. The summed E-state index contributed by atoms with van der Waals surface area (Å²) in [5.74, 6) is 0. The zero-order valence-corrected chi connectivity index (χ0v) is 16.5. The Morgan fingerprint density at radius 2 is 1.58 bits per heavy atom. The van der Waals surface area contributed by atoms with Crippen molar-refractivity contribution in [1.29, 1.82) is 0 Å². The summed E-state index contributed by atoms with van der Waals surface area (Å²) in [7, 11) is 0. The molecule has 0 bridgehead atoms. The van der Waals surface area contributed by atoms with E-state index in [2.05, 4.69) is 45.9 Å². The minimum absolute atomic E-state index is 0.313. The molecule has 0 spiro atoms. The number of rotatable bonds is 10. The Labute approximate surface area is 149 Å². The molecule has 1 N–H and O–H groups in total. The molecule has 0 aromatic rings. The molecule has 1 fully saturated rings. The first-order valence-corrected chi connectivity index (χ1v) is 9.60. The lowest BCUT2D eigenvalue weighted by molar-refractivity contribution is -0.0798. The first kappa shape index (κ1) is 21.2. The second-order valence-corrected chi connectivity index (χ2v) is 7.82. The molecule has 0 radical (unpaired) electrons. The maximum absolute atomic E-state index is 10.3. The van der Waals surface area contributed by atoms with Gasteiger partial charge < -0.3 is 9.84 Å². The lowest BCUT2D eigenvalue weighted by Crippen LogP contribution is -2.38. The second kappa shape index (κ2) is 10.9. The van der Waals surface area contributed by atoms with E-state index in [-0.39, 0.29) is 11.7 Å². The normalized spacial score (nSPS) is 23.4. The number of aliphatic hydroxyl groups excluding tert-OH is 1. The summed E-state index contributed by atoms with van der Waals surface area (Å²) in [5.41, 5.74) is 4.00. The molecule has 1 saturated heterocycles. The Hall–Kier alpha value is -0.860. The van der Waals surface area contributed by atoms with Crippen LogP contribution in [0.5, 0.6) is 0 Å². The van der Waals surface area contributed by atoms with Gasteiger partial charge in [-0.1, -0.05) is 34.9 Å². The van der Waals surface area contributed by atoms with Crippen molar-refractivity contribution < 1.29 is 9.84 Å². The zero-order valence-electron chi connectivity index (χ0n) is 16.5. The fourth-order valence-corrected chi connectivity index (χ4v) is 3.20. The summed E-state index contributed by atoms with van der Waals surface area (Å²) in [4.78, 5) is 0. The van der Waals surface area contributed by atoms with Crippen molar-refractivity contribution in [1.82, 2.24) is 0 Å². The summed E-state index contributed by atoms with van der Waals surface area (Å²) in [5, 5.41) is 10.3. The summed E-state index contributed by atoms with van der Waals surface area (Å²) in [6.45, 7) is 11.6. The van der Waals surface area contributed by atoms with Crippen LogP contribution in [0.15, 0.2) is 34.9 Å². The molecule has 2 heteroatoms. The van der Waals surface area contributed by atoms with Crippen LogP contribution in [-0.2, 0) is 4.74 Å². The van der Waals surface area contributed by atoms with Crippen molar-refractivity contribution in [3.05, 3.63) is 34.9 Å². The zero-order chi connectivity index (χ0) is 18.0. The molecule has 138 valence electrons. The predicted molar refractivity (Wildman–Crippen MR) is 104 cm³/mol. The van der Waals surface area contributed by atoms with Gasteiger partial charge in [0.15, 0.2) is 0 Å². The largest absolute Gasteiger partial charge is 0.390 e. The molecule has 2 atom stereocenters. The molecule has 1 rings (SSSR count). The van der Waals surface area contributed by atoms with E-state index < -0.39 is 0 Å². The molecule has 1 aliphatic rings. The van der Waals surface area contributed by atoms with Gasteiger partial charge in [-0.2, -0.15) is 0 Å². The van der Waals surface area contributed by atoms with E-state index in [0.717, 1.165) is 51.6 Å². The van der Waals surface area contributed by atoms with Crippen LogP contribution < -0.4 is 0 Å². The van der Waals surface area contributed by atoms with Crippen molar-refractivity contribution in [2.24, 2.45) is 0 Å². The van der Waals surface area contributed by atoms with Crippen molar-refractivity contribution in [3.8, 4) is 0 Å². The third kappa shape index (κ3) is 8.30. The first-order chi connectivity index (χ1) is 11.3. The minimum atomic E-state index is -0.346. The van der Waals surface area contributed by atoms with Crippen LogP contribution in [0.25, 0.3) is 0 Å². The smallest absolute Gasteiger partial charge is 0.0913 e. The van der Waals surface area contributed by atoms with Crippen molar-refractivity contribution in [2.45, 2.75) is 97.7 Å². The molecular formula is C22H38O2. The highest BCUT2D eigenvalue weighted by Crippen LogP contribution is 2.30. The van der Waals surface area contributed by atoms with E-state index in [1.165, 1.54) is 23.1 Å². The molecule has 0 saturated carbocycles. The molecule has 24 heavy (non-hydrogen) atoms. The first-order valence-electron chi connectivity index (χ1n) is 9.60. The fourth-order valence-electron chi connectivity index (χ4n) is 3.20. The third-order valence-corrected chi connectivity index (χ3v) is 5.01. The van der Waals surface area contributed by atoms with Gasteiger partial charge in [-0.05, 0) is 86.0 Å². The monoisotopic (exact) mass is 334 g/mol. The topological polar surface area (TPSA) is 29.5 Å². The van der Waals surface area contributed by atoms with Gasteiger partial charge in [0.05, 0.1) is 11.7 Å². The SMILES string of the molecule is CC(C)=CCC/C(C)=C/CC/C(C)=C/CC[C@@H](O)[C@]1(C)CCCO1. The predicted octanol–water partition coefficient (Wildman–Crippen LogP) is 6.12. The molecule has 0 aromatic heterocycles. The molecule has 0 aliphatic carbocycles. The standard InChI is InChI=1S/C22H38O2/c1-18(2)10-6-11-19(3)12-7-13-20(4)14-8-15-21(23)22(5)16-9-17-24-22/h10,12,14,21,23H,6-9,11,13,15-17H2,1-5H3/b19-12+,20-14+/t21-,22+/m1/s1. The number of ether oxygens (including phenoxy) is 1. The fraction of sp³-hybridized carbons (Fsp3) is 0.727. The van der Waals surface area contributed by atoms with E-state index in [0.29, 0.717) is 0 Å². The van der Waals surface area contributed by atoms with Gasteiger partial charge in [-0.25, -0.2) is 0 Å². The van der Waals surface area contributed by atoms with E-state index in [4.69, 9.17) is 4.74 Å². The molecular weight excluding hydrogens is 296 g/mol. The van der Waals surface area contributed by atoms with E-state index in [9.17, 15) is 5.11 Å². The summed E-state index contributed by atoms with van der Waals surface area (Å²) >= 11 is 0. The number of aliphatic hydroxyl groups is 1. The highest BCUT2D eigenvalue weighted by atomic mass is 16.5. The lowest BCUT2D eigenvalue weighted by atomic mass is 9.92. The van der Waals surface area contributed by atoms with Gasteiger partial charge in [-0.3, -0.25) is 0 Å². The summed E-state index contributed by atoms with van der Waals surface area (Å²) in [6.07, 6.45) is 15.0. The highest BCUT2D eigenvalue weighted by Gasteiger charge is 2.36. The van der Waals surface area contributed by atoms with Crippen molar-refractivity contribution in [2.75, 3.05) is 6.61 Å². The molecule has 2 nitrogen and oxygen atoms in total. The van der Waals surface area contributed by atoms with Gasteiger partial charge in [0.25, 0.3) is 0 Å². The second-order valence-electron chi connectivity index (χ2n) is 7.82. The van der Waals surface area contributed by atoms with Gasteiger partial charge in [0.2, 0.25) is 0 Å². The lowest BCUT2D eigenvalue weighted by Gasteiger charge is -2.29. The average Bonchev–Trinajstić information content (AvgIpc) is 2.95. The van der Waals surface area contributed by atoms with Crippen LogP contribution in [0, 0.1) is 0 Å². The molecule has 0 aromatic carbocycles. The Morgan fingerprint density at radius 1 is 1.00 bits per heavy atom. The van der Waals surface area contributed by atoms with Gasteiger partial charge in [0.1, 0.15) is 0 Å². The number of hydrogen-bond donors (Lipinski definition) is 1. The van der Waals surface area contributed by atoms with Crippen LogP contribution in [0.3, 0.4) is 0 Å². The van der Waals surface area contributed by atoms with Crippen LogP contribution in [-0.4, -0.2) is 23.4 Å². The maximum Gasteiger partial charge on any atom is 0.0913 e. The van der Waals surface area contributed by atoms with Gasteiger partial charge in [0, 0.05) is 6.61 Å². The van der Waals surface area contributed by atoms with Crippen molar-refractivity contribution >= 4 is 0 Å². The van der Waals surface area contributed by atoms with Gasteiger partial charge in [-0.15, -0.1) is 0 Å². The molecule has 0 unspecified atom stereocenters. The van der Waals surface area contributed by atoms with Gasteiger partial charge >= 0.3 is 0 Å². The van der Waals surface area contributed by atoms with E-state index in [1.54, 1.807) is 0 Å². The molecule has 0 amide bonds. The Balaban J connectivity index is 2.23. The molecule has 1 heterocycles. The quantitative estimate of drug-likeness (QED) is 0.488. The van der Waals surface area contributed by atoms with E-state index in [1.807, 2.05) is 6.92 Å².